The maximum atomic E-state index is 12.7. The summed E-state index contributed by atoms with van der Waals surface area (Å²) in [6, 6.07) is 9.22. The molecule has 0 aliphatic heterocycles. The minimum Gasteiger partial charge on any atom is -0.349 e. The number of amides is 2. The Morgan fingerprint density at radius 2 is 2.04 bits per heavy atom. The summed E-state index contributed by atoms with van der Waals surface area (Å²) in [5.41, 5.74) is 2.40. The van der Waals surface area contributed by atoms with E-state index in [4.69, 9.17) is 0 Å². The van der Waals surface area contributed by atoms with Crippen molar-refractivity contribution in [3.63, 3.8) is 0 Å². The number of hydrogen-bond acceptors (Lipinski definition) is 4. The maximum absolute atomic E-state index is 12.7. The van der Waals surface area contributed by atoms with E-state index < -0.39 is 0 Å². The van der Waals surface area contributed by atoms with E-state index in [1.54, 1.807) is 6.07 Å². The molecule has 4 rings (SSSR count). The number of carbonyl (C=O) groups excluding carboxylic acids is 2. The lowest BCUT2D eigenvalue weighted by molar-refractivity contribution is 0.0905. The van der Waals surface area contributed by atoms with E-state index in [2.05, 4.69) is 20.8 Å². The van der Waals surface area contributed by atoms with Gasteiger partial charge in [-0.15, -0.1) is 11.3 Å². The Balaban J connectivity index is 1.42. The van der Waals surface area contributed by atoms with E-state index in [1.807, 2.05) is 38.1 Å². The van der Waals surface area contributed by atoms with E-state index in [1.165, 1.54) is 11.3 Å². The SMILES string of the molecule is Cc1ccc(C(=O)NCC(NC(=O)c2ccc3n[nH]c(C)c3c2)C2CC2)s1. The Morgan fingerprint density at radius 1 is 1.22 bits per heavy atom. The van der Waals surface area contributed by atoms with E-state index >= 15 is 0 Å². The zero-order chi connectivity index (χ0) is 19.0. The molecule has 1 fully saturated rings. The molecule has 2 heterocycles. The third-order valence-corrected chi connectivity index (χ3v) is 5.96. The molecule has 1 aromatic carbocycles. The largest absolute Gasteiger partial charge is 0.349 e. The van der Waals surface area contributed by atoms with Crippen molar-refractivity contribution in [1.82, 2.24) is 20.8 Å². The van der Waals surface area contributed by atoms with Crippen molar-refractivity contribution in [1.29, 1.82) is 0 Å². The summed E-state index contributed by atoms with van der Waals surface area (Å²) < 4.78 is 0. The number of rotatable bonds is 6. The summed E-state index contributed by atoms with van der Waals surface area (Å²) in [5.74, 6) is 0.234. The number of nitrogens with one attached hydrogen (secondary N) is 3. The van der Waals surface area contributed by atoms with Crippen LogP contribution in [0.3, 0.4) is 0 Å². The van der Waals surface area contributed by atoms with Gasteiger partial charge in [0, 0.05) is 34.1 Å². The number of benzene rings is 1. The first-order valence-corrected chi connectivity index (χ1v) is 9.93. The molecule has 7 heteroatoms. The maximum Gasteiger partial charge on any atom is 0.261 e. The number of thiophene rings is 1. The van der Waals surface area contributed by atoms with Gasteiger partial charge in [-0.2, -0.15) is 5.10 Å². The van der Waals surface area contributed by atoms with Crippen LogP contribution in [-0.2, 0) is 0 Å². The van der Waals surface area contributed by atoms with E-state index in [0.29, 0.717) is 22.9 Å². The predicted molar refractivity (Wildman–Crippen MR) is 106 cm³/mol. The molecule has 3 aromatic rings. The highest BCUT2D eigenvalue weighted by molar-refractivity contribution is 7.13. The highest BCUT2D eigenvalue weighted by atomic mass is 32.1. The number of aromatic nitrogens is 2. The third-order valence-electron chi connectivity index (χ3n) is 4.96. The highest BCUT2D eigenvalue weighted by Gasteiger charge is 2.32. The van der Waals surface area contributed by atoms with Crippen molar-refractivity contribution in [3.05, 3.63) is 51.3 Å². The minimum atomic E-state index is -0.115. The van der Waals surface area contributed by atoms with Crippen molar-refractivity contribution in [2.24, 2.45) is 5.92 Å². The summed E-state index contributed by atoms with van der Waals surface area (Å²) in [6.07, 6.45) is 2.16. The van der Waals surface area contributed by atoms with Crippen LogP contribution in [-0.4, -0.2) is 34.6 Å². The monoisotopic (exact) mass is 382 g/mol. The van der Waals surface area contributed by atoms with E-state index in [0.717, 1.165) is 34.3 Å². The van der Waals surface area contributed by atoms with Crippen molar-refractivity contribution < 1.29 is 9.59 Å². The molecule has 2 amide bonds. The summed E-state index contributed by atoms with van der Waals surface area (Å²) in [5, 5.41) is 14.1. The molecule has 0 spiro atoms. The fraction of sp³-hybridized carbons (Fsp3) is 0.350. The van der Waals surface area contributed by atoms with Crippen molar-refractivity contribution in [2.45, 2.75) is 32.7 Å². The Kier molecular flexibility index (Phi) is 4.70. The lowest BCUT2D eigenvalue weighted by atomic mass is 10.1. The van der Waals surface area contributed by atoms with Crippen LogP contribution in [0.1, 0.15) is 43.4 Å². The molecule has 1 saturated carbocycles. The number of carbonyl (C=O) groups is 2. The molecule has 140 valence electrons. The van der Waals surface area contributed by atoms with Crippen LogP contribution in [0.15, 0.2) is 30.3 Å². The van der Waals surface area contributed by atoms with Gasteiger partial charge < -0.3 is 10.6 Å². The first kappa shape index (κ1) is 17.7. The standard InChI is InChI=1S/C20H22N4O2S/c1-11-3-8-18(27-11)20(26)21-10-17(13-4-5-13)22-19(25)14-6-7-16-15(9-14)12(2)23-24-16/h3,6-9,13,17H,4-5,10H2,1-2H3,(H,21,26)(H,22,25)(H,23,24). The van der Waals surface area contributed by atoms with Crippen LogP contribution < -0.4 is 10.6 Å². The molecule has 0 radical (unpaired) electrons. The van der Waals surface area contributed by atoms with Crippen molar-refractivity contribution in [3.8, 4) is 0 Å². The van der Waals surface area contributed by atoms with Gasteiger partial charge in [-0.3, -0.25) is 14.7 Å². The molecular weight excluding hydrogens is 360 g/mol. The molecule has 0 bridgehead atoms. The normalized spacial score (nSPS) is 14.9. The van der Waals surface area contributed by atoms with Gasteiger partial charge in [-0.25, -0.2) is 0 Å². The van der Waals surface area contributed by atoms with Gasteiger partial charge in [-0.05, 0) is 62.9 Å². The van der Waals surface area contributed by atoms with Crippen LogP contribution >= 0.6 is 11.3 Å². The summed E-state index contributed by atoms with van der Waals surface area (Å²) in [4.78, 5) is 26.8. The van der Waals surface area contributed by atoms with Crippen LogP contribution in [0.2, 0.25) is 0 Å². The number of fused-ring (bicyclic) bond motifs is 1. The zero-order valence-corrected chi connectivity index (χ0v) is 16.2. The second-order valence-corrected chi connectivity index (χ2v) is 8.41. The van der Waals surface area contributed by atoms with Crippen molar-refractivity contribution >= 4 is 34.1 Å². The Morgan fingerprint density at radius 3 is 2.74 bits per heavy atom. The van der Waals surface area contributed by atoms with Gasteiger partial charge >= 0.3 is 0 Å². The summed E-state index contributed by atoms with van der Waals surface area (Å²) >= 11 is 1.48. The quantitative estimate of drug-likeness (QED) is 0.612. The lowest BCUT2D eigenvalue weighted by Crippen LogP contribution is -2.45. The number of hydrogen-bond donors (Lipinski definition) is 3. The first-order chi connectivity index (χ1) is 13.0. The molecule has 0 saturated heterocycles. The molecule has 1 aliphatic rings. The van der Waals surface area contributed by atoms with Gasteiger partial charge in [-0.1, -0.05) is 0 Å². The average molecular weight is 382 g/mol. The van der Waals surface area contributed by atoms with Gasteiger partial charge in [0.2, 0.25) is 0 Å². The van der Waals surface area contributed by atoms with Crippen LogP contribution in [0.25, 0.3) is 10.9 Å². The number of aromatic amines is 1. The third kappa shape index (κ3) is 3.88. The fourth-order valence-electron chi connectivity index (χ4n) is 3.21. The molecule has 1 aliphatic carbocycles. The highest BCUT2D eigenvalue weighted by Crippen LogP contribution is 2.32. The van der Waals surface area contributed by atoms with E-state index in [-0.39, 0.29) is 17.9 Å². The fourth-order valence-corrected chi connectivity index (χ4v) is 4.00. The van der Waals surface area contributed by atoms with Crippen LogP contribution in [0, 0.1) is 19.8 Å². The van der Waals surface area contributed by atoms with Crippen molar-refractivity contribution in [2.75, 3.05) is 6.54 Å². The molecular formula is C20H22N4O2S. The molecule has 27 heavy (non-hydrogen) atoms. The molecule has 6 nitrogen and oxygen atoms in total. The summed E-state index contributed by atoms with van der Waals surface area (Å²) in [7, 11) is 0. The number of aryl methyl sites for hydroxylation is 2. The number of H-pyrrole nitrogens is 1. The van der Waals surface area contributed by atoms with Gasteiger partial charge in [0.25, 0.3) is 11.8 Å². The smallest absolute Gasteiger partial charge is 0.261 e. The topological polar surface area (TPSA) is 86.9 Å². The molecule has 2 aromatic heterocycles. The van der Waals surface area contributed by atoms with Crippen LogP contribution in [0.5, 0.6) is 0 Å². The average Bonchev–Trinajstić information content (AvgIpc) is 3.32. The Hall–Kier alpha value is -2.67. The van der Waals surface area contributed by atoms with Gasteiger partial charge in [0.1, 0.15) is 0 Å². The molecule has 1 unspecified atom stereocenters. The lowest BCUT2D eigenvalue weighted by Gasteiger charge is -2.19. The number of nitrogens with zero attached hydrogens (tertiary/aromatic N) is 1. The first-order valence-electron chi connectivity index (χ1n) is 9.11. The van der Waals surface area contributed by atoms with Gasteiger partial charge in [0.15, 0.2) is 0 Å². The zero-order valence-electron chi connectivity index (χ0n) is 15.3. The Bertz CT molecular complexity index is 1000. The van der Waals surface area contributed by atoms with E-state index in [9.17, 15) is 9.59 Å². The second-order valence-electron chi connectivity index (χ2n) is 7.12. The Labute approximate surface area is 161 Å². The van der Waals surface area contributed by atoms with Crippen LogP contribution in [0.4, 0.5) is 0 Å². The summed E-state index contributed by atoms with van der Waals surface area (Å²) in [6.45, 7) is 4.36. The second kappa shape index (κ2) is 7.15. The minimum absolute atomic E-state index is 0.0522. The van der Waals surface area contributed by atoms with Gasteiger partial charge in [0.05, 0.1) is 10.4 Å². The molecule has 3 N–H and O–H groups in total. The molecule has 1 atom stereocenters. The predicted octanol–water partition coefficient (Wildman–Crippen LogP) is 3.18.